The van der Waals surface area contributed by atoms with Crippen LogP contribution < -0.4 is 21.3 Å². The number of primary amides is 1. The number of fused-ring (bicyclic) bond motifs is 3. The molecule has 1 aliphatic carbocycles. The van der Waals surface area contributed by atoms with Crippen molar-refractivity contribution >= 4 is 40.5 Å². The minimum atomic E-state index is -0.473. The number of aryl methyl sites for hydroxylation is 2. The van der Waals surface area contributed by atoms with Gasteiger partial charge in [-0.1, -0.05) is 11.3 Å². The zero-order valence-electron chi connectivity index (χ0n) is 16.3. The van der Waals surface area contributed by atoms with Gasteiger partial charge in [-0.15, -0.1) is 0 Å². The van der Waals surface area contributed by atoms with Gasteiger partial charge in [-0.25, -0.2) is 20.2 Å². The highest BCUT2D eigenvalue weighted by atomic mass is 32.1. The standard InChI is InChI=1S/C19H19N5O4S2/c1-9-12(5-6-13(23-9)24(21)14(25)8-27-2)28-19-15-11(17(29-19)18(20)26)4-3-10-7-22-30-16(10)15/h5-7H,3-4,8,21H2,1-2H3,(H2,20,26). The molecule has 9 nitrogen and oxygen atoms in total. The van der Waals surface area contributed by atoms with Crippen LogP contribution in [0.25, 0.3) is 10.4 Å². The number of nitrogens with two attached hydrogens (primary N) is 2. The Kier molecular flexibility index (Phi) is 5.52. The van der Waals surface area contributed by atoms with Crippen LogP contribution in [0.1, 0.15) is 26.5 Å². The van der Waals surface area contributed by atoms with Crippen molar-refractivity contribution in [1.29, 1.82) is 0 Å². The van der Waals surface area contributed by atoms with E-state index in [1.165, 1.54) is 30.0 Å². The van der Waals surface area contributed by atoms with E-state index in [2.05, 4.69) is 9.36 Å². The Hall–Kier alpha value is -2.86. The van der Waals surface area contributed by atoms with Crippen LogP contribution in [0.4, 0.5) is 5.82 Å². The highest BCUT2D eigenvalue weighted by Crippen LogP contribution is 2.50. The van der Waals surface area contributed by atoms with E-state index in [1.807, 2.05) is 6.20 Å². The summed E-state index contributed by atoms with van der Waals surface area (Å²) in [5.74, 6) is 5.68. The number of hydrazine groups is 1. The molecule has 0 unspecified atom stereocenters. The van der Waals surface area contributed by atoms with Gasteiger partial charge >= 0.3 is 0 Å². The normalized spacial score (nSPS) is 12.2. The first-order valence-electron chi connectivity index (χ1n) is 9.02. The van der Waals surface area contributed by atoms with Crippen molar-refractivity contribution < 1.29 is 19.1 Å². The maximum atomic E-state index is 12.0. The molecule has 1 aliphatic rings. The Balaban J connectivity index is 1.69. The lowest BCUT2D eigenvalue weighted by atomic mass is 9.93. The van der Waals surface area contributed by atoms with E-state index in [-0.39, 0.29) is 12.4 Å². The van der Waals surface area contributed by atoms with Crippen LogP contribution in [0.3, 0.4) is 0 Å². The zero-order valence-corrected chi connectivity index (χ0v) is 17.9. The lowest BCUT2D eigenvalue weighted by Crippen LogP contribution is -2.40. The Morgan fingerprint density at radius 2 is 2.10 bits per heavy atom. The molecule has 4 N–H and O–H groups in total. The van der Waals surface area contributed by atoms with E-state index in [9.17, 15) is 9.59 Å². The van der Waals surface area contributed by atoms with Gasteiger partial charge in [0.05, 0.1) is 21.0 Å². The zero-order chi connectivity index (χ0) is 21.4. The molecule has 3 aromatic rings. The molecule has 2 amide bonds. The van der Waals surface area contributed by atoms with Crippen LogP contribution in [-0.2, 0) is 22.4 Å². The minimum Gasteiger partial charge on any atom is -0.444 e. The number of hydrogen-bond acceptors (Lipinski definition) is 9. The second kappa shape index (κ2) is 8.11. The van der Waals surface area contributed by atoms with E-state index >= 15 is 0 Å². The summed E-state index contributed by atoms with van der Waals surface area (Å²) in [5, 5.41) is 1.50. The monoisotopic (exact) mass is 445 g/mol. The molecule has 0 saturated heterocycles. The summed E-state index contributed by atoms with van der Waals surface area (Å²) in [6.07, 6.45) is 3.37. The summed E-state index contributed by atoms with van der Waals surface area (Å²) in [7, 11) is 1.41. The molecule has 0 bridgehead atoms. The first-order chi connectivity index (χ1) is 14.4. The summed E-state index contributed by atoms with van der Waals surface area (Å²) >= 11 is 2.60. The summed E-state index contributed by atoms with van der Waals surface area (Å²) in [6.45, 7) is 1.60. The van der Waals surface area contributed by atoms with Crippen molar-refractivity contribution in [3.05, 3.63) is 40.0 Å². The molecular weight excluding hydrogens is 426 g/mol. The molecule has 0 spiro atoms. The topological polar surface area (TPSA) is 134 Å². The Labute approximate surface area is 180 Å². The molecule has 3 aromatic heterocycles. The van der Waals surface area contributed by atoms with Crippen molar-refractivity contribution in [3.63, 3.8) is 0 Å². The smallest absolute Gasteiger partial charge is 0.268 e. The molecule has 0 fully saturated rings. The summed E-state index contributed by atoms with van der Waals surface area (Å²) < 4.78 is 15.3. The predicted octanol–water partition coefficient (Wildman–Crippen LogP) is 2.42. The third-order valence-electron chi connectivity index (χ3n) is 4.72. The van der Waals surface area contributed by atoms with Gasteiger partial charge in [0.15, 0.2) is 5.06 Å². The molecule has 0 aliphatic heterocycles. The maximum absolute atomic E-state index is 12.0. The third-order valence-corrected chi connectivity index (χ3v) is 6.71. The number of thiophene rings is 1. The van der Waals surface area contributed by atoms with Gasteiger partial charge in [-0.2, -0.15) is 0 Å². The fourth-order valence-corrected chi connectivity index (χ4v) is 5.28. The van der Waals surface area contributed by atoms with E-state index in [0.717, 1.165) is 33.0 Å². The average molecular weight is 446 g/mol. The van der Waals surface area contributed by atoms with Crippen molar-refractivity contribution in [1.82, 2.24) is 9.36 Å². The molecule has 156 valence electrons. The Bertz CT molecular complexity index is 1140. The molecule has 0 radical (unpaired) electrons. The minimum absolute atomic E-state index is 0.149. The molecule has 0 saturated carbocycles. The largest absolute Gasteiger partial charge is 0.444 e. The average Bonchev–Trinajstić information content (AvgIpc) is 3.33. The van der Waals surface area contributed by atoms with Gasteiger partial charge in [0, 0.05) is 13.3 Å². The molecule has 0 aromatic carbocycles. The second-order valence-electron chi connectivity index (χ2n) is 6.67. The first-order valence-corrected chi connectivity index (χ1v) is 10.6. The number of amides is 2. The van der Waals surface area contributed by atoms with Gasteiger partial charge in [-0.05, 0) is 54.6 Å². The number of hydrogen-bond donors (Lipinski definition) is 2. The van der Waals surface area contributed by atoms with E-state index in [4.69, 9.17) is 21.1 Å². The lowest BCUT2D eigenvalue weighted by molar-refractivity contribution is -0.122. The summed E-state index contributed by atoms with van der Waals surface area (Å²) in [6, 6.07) is 3.27. The number of aromatic nitrogens is 2. The Morgan fingerprint density at radius 1 is 1.30 bits per heavy atom. The summed E-state index contributed by atoms with van der Waals surface area (Å²) in [5.41, 5.74) is 9.05. The number of nitrogens with zero attached hydrogens (tertiary/aromatic N) is 3. The van der Waals surface area contributed by atoms with Crippen molar-refractivity contribution in [2.24, 2.45) is 11.6 Å². The van der Waals surface area contributed by atoms with E-state index in [0.29, 0.717) is 27.8 Å². The number of methoxy groups -OCH3 is 1. The van der Waals surface area contributed by atoms with Crippen LogP contribution in [0.15, 0.2) is 18.3 Å². The number of carbonyl (C=O) groups is 2. The molecule has 0 atom stereocenters. The van der Waals surface area contributed by atoms with Crippen molar-refractivity contribution in [2.45, 2.75) is 19.8 Å². The number of pyridine rings is 1. The highest BCUT2D eigenvalue weighted by molar-refractivity contribution is 7.17. The van der Waals surface area contributed by atoms with Gasteiger partial charge in [0.2, 0.25) is 0 Å². The fraction of sp³-hybridized carbons (Fsp3) is 0.263. The lowest BCUT2D eigenvalue weighted by Gasteiger charge is -2.17. The van der Waals surface area contributed by atoms with Crippen molar-refractivity contribution in [2.75, 3.05) is 18.7 Å². The fourth-order valence-electron chi connectivity index (χ4n) is 3.28. The first kappa shape index (κ1) is 20.4. The van der Waals surface area contributed by atoms with Gasteiger partial charge in [0.25, 0.3) is 11.8 Å². The third kappa shape index (κ3) is 3.56. The highest BCUT2D eigenvalue weighted by Gasteiger charge is 2.30. The van der Waals surface area contributed by atoms with Crippen LogP contribution in [0, 0.1) is 6.92 Å². The summed E-state index contributed by atoms with van der Waals surface area (Å²) in [4.78, 5) is 29.7. The van der Waals surface area contributed by atoms with Gasteiger partial charge in [0.1, 0.15) is 18.2 Å². The van der Waals surface area contributed by atoms with Crippen LogP contribution in [0.5, 0.6) is 10.8 Å². The van der Waals surface area contributed by atoms with Crippen LogP contribution >= 0.6 is 22.9 Å². The van der Waals surface area contributed by atoms with Gasteiger partial charge < -0.3 is 15.2 Å². The number of ether oxygens (including phenoxy) is 2. The molecule has 4 rings (SSSR count). The van der Waals surface area contributed by atoms with Crippen molar-refractivity contribution in [3.8, 4) is 21.3 Å². The molecule has 3 heterocycles. The molecular formula is C19H19N5O4S2. The van der Waals surface area contributed by atoms with Crippen LogP contribution in [-0.4, -0.2) is 34.9 Å². The number of rotatable bonds is 6. The maximum Gasteiger partial charge on any atom is 0.268 e. The predicted molar refractivity (Wildman–Crippen MR) is 114 cm³/mol. The number of carbonyl (C=O) groups excluding carboxylic acids is 2. The molecule has 11 heteroatoms. The number of anilines is 1. The molecule has 30 heavy (non-hydrogen) atoms. The quantitative estimate of drug-likeness (QED) is 0.338. The van der Waals surface area contributed by atoms with Crippen LogP contribution in [0.2, 0.25) is 0 Å². The van der Waals surface area contributed by atoms with E-state index in [1.54, 1.807) is 19.1 Å². The SMILES string of the molecule is COCC(=O)N(N)c1ccc(Oc2sc(C(N)=O)c3c2-c2sncc2CC3)c(C)n1. The second-order valence-corrected chi connectivity index (χ2v) is 8.45. The van der Waals surface area contributed by atoms with Gasteiger partial charge in [-0.3, -0.25) is 9.59 Å². The Morgan fingerprint density at radius 3 is 2.80 bits per heavy atom. The van der Waals surface area contributed by atoms with E-state index < -0.39 is 11.8 Å².